The maximum absolute atomic E-state index is 13.8. The van der Waals surface area contributed by atoms with Crippen LogP contribution in [-0.4, -0.2) is 60.8 Å². The van der Waals surface area contributed by atoms with E-state index in [-0.39, 0.29) is 29.2 Å². The summed E-state index contributed by atoms with van der Waals surface area (Å²) >= 11 is 0.329. The van der Waals surface area contributed by atoms with Gasteiger partial charge in [0.15, 0.2) is 0 Å². The molecule has 264 valence electrons. The summed E-state index contributed by atoms with van der Waals surface area (Å²) in [7, 11) is -4.48. The Kier molecular flexibility index (Phi) is 12.1. The van der Waals surface area contributed by atoms with Gasteiger partial charge < -0.3 is 19.5 Å². The van der Waals surface area contributed by atoms with Crippen LogP contribution in [0.15, 0.2) is 94.4 Å². The number of aryl methyl sites for hydroxylation is 1. The molecule has 0 aromatic heterocycles. The van der Waals surface area contributed by atoms with Crippen LogP contribution >= 0.6 is 11.9 Å². The molecule has 4 rings (SSSR count). The minimum absolute atomic E-state index is 0.0731. The van der Waals surface area contributed by atoms with Crippen LogP contribution in [0.5, 0.6) is 0 Å². The number of benzene rings is 3. The van der Waals surface area contributed by atoms with Crippen molar-refractivity contribution < 1.29 is 46.6 Å². The third-order valence-corrected chi connectivity index (χ3v) is 9.39. The number of carbonyl (C=O) groups is 5. The second-order valence-corrected chi connectivity index (χ2v) is 14.6. The van der Waals surface area contributed by atoms with Crippen molar-refractivity contribution in [2.75, 3.05) is 6.61 Å². The standard InChI is InChI=1S/C35H37N3O10S2/c1-6-46-33(42)29(49-38-30(39)25-14-10-11-15-26(25)31(38)40)27(37-50(44,45)24-18-16-22(2)17-19-24)20-28(36-34(43)48-35(3,4)5)32(41)47-21-23-12-8-7-9-13-23/h7-19,28,37H,6,20-21H2,1-5H3,(H,36,43)/b29-27-/t28-/m1/s1. The number of nitrogens with zero attached hydrogens (tertiary/aromatic N) is 1. The number of hydrogen-bond donors (Lipinski definition) is 2. The summed E-state index contributed by atoms with van der Waals surface area (Å²) in [6, 6.07) is 18.8. The van der Waals surface area contributed by atoms with Crippen molar-refractivity contribution >= 4 is 51.8 Å². The molecule has 0 saturated carbocycles. The highest BCUT2D eigenvalue weighted by Gasteiger charge is 2.40. The highest BCUT2D eigenvalue weighted by Crippen LogP contribution is 2.35. The maximum atomic E-state index is 13.8. The summed E-state index contributed by atoms with van der Waals surface area (Å²) in [5, 5.41) is 2.41. The number of rotatable bonds is 13. The van der Waals surface area contributed by atoms with Gasteiger partial charge in [0.1, 0.15) is 23.2 Å². The van der Waals surface area contributed by atoms with Crippen LogP contribution in [-0.2, 0) is 40.4 Å². The third-order valence-electron chi connectivity index (χ3n) is 6.87. The SMILES string of the molecule is CCOC(=O)/C(SN1C(=O)c2ccccc2C1=O)=C(\C[C@@H](NC(=O)OC(C)(C)C)C(=O)OCc1ccccc1)NS(=O)(=O)c1ccc(C)cc1. The van der Waals surface area contributed by atoms with Crippen LogP contribution in [0.4, 0.5) is 4.79 Å². The molecule has 0 fully saturated rings. The van der Waals surface area contributed by atoms with Gasteiger partial charge in [-0.3, -0.25) is 14.3 Å². The summed E-state index contributed by atoms with van der Waals surface area (Å²) < 4.78 is 46.7. The average Bonchev–Trinajstić information content (AvgIpc) is 3.29. The first-order chi connectivity index (χ1) is 23.6. The Bertz CT molecular complexity index is 1870. The van der Waals surface area contributed by atoms with Gasteiger partial charge in [0.2, 0.25) is 0 Å². The lowest BCUT2D eigenvalue weighted by atomic mass is 10.1. The molecule has 1 atom stereocenters. The van der Waals surface area contributed by atoms with Crippen LogP contribution in [0.1, 0.15) is 66.0 Å². The predicted octanol–water partition coefficient (Wildman–Crippen LogP) is 5.02. The van der Waals surface area contributed by atoms with Crippen LogP contribution in [0.2, 0.25) is 0 Å². The molecule has 1 aliphatic heterocycles. The van der Waals surface area contributed by atoms with E-state index in [1.54, 1.807) is 82.3 Å². The number of hydrogen-bond acceptors (Lipinski definition) is 11. The normalized spacial score (nSPS) is 13.9. The first kappa shape index (κ1) is 37.7. The Hall–Kier alpha value is -5.15. The molecule has 1 aliphatic rings. The fourth-order valence-electron chi connectivity index (χ4n) is 4.55. The highest BCUT2D eigenvalue weighted by molar-refractivity contribution is 8.02. The van der Waals surface area contributed by atoms with Gasteiger partial charge in [-0.05, 0) is 64.4 Å². The van der Waals surface area contributed by atoms with Crippen LogP contribution in [0, 0.1) is 6.92 Å². The fraction of sp³-hybridized carbons (Fsp3) is 0.286. The Morgan fingerprint density at radius 1 is 0.860 bits per heavy atom. The lowest BCUT2D eigenvalue weighted by Crippen LogP contribution is -2.45. The van der Waals surface area contributed by atoms with E-state index >= 15 is 0 Å². The van der Waals surface area contributed by atoms with Crippen LogP contribution < -0.4 is 10.0 Å². The minimum Gasteiger partial charge on any atom is -0.462 e. The lowest BCUT2D eigenvalue weighted by molar-refractivity contribution is -0.147. The average molecular weight is 724 g/mol. The molecule has 0 aliphatic carbocycles. The van der Waals surface area contributed by atoms with E-state index in [1.165, 1.54) is 31.2 Å². The van der Waals surface area contributed by atoms with Gasteiger partial charge in [-0.1, -0.05) is 60.2 Å². The van der Waals surface area contributed by atoms with Gasteiger partial charge in [0.05, 0.1) is 28.3 Å². The van der Waals surface area contributed by atoms with E-state index in [4.69, 9.17) is 14.2 Å². The molecule has 0 saturated heterocycles. The quantitative estimate of drug-likeness (QED) is 0.0797. The van der Waals surface area contributed by atoms with E-state index in [0.29, 0.717) is 21.8 Å². The van der Waals surface area contributed by atoms with Crippen molar-refractivity contribution in [2.45, 2.75) is 64.2 Å². The molecule has 0 spiro atoms. The number of sulfonamides is 1. The van der Waals surface area contributed by atoms with Gasteiger partial charge in [0.25, 0.3) is 21.8 Å². The number of alkyl carbamates (subject to hydrolysis) is 1. The van der Waals surface area contributed by atoms with Gasteiger partial charge in [-0.2, -0.15) is 0 Å². The molecule has 3 amide bonds. The molecule has 0 bridgehead atoms. The molecule has 13 nitrogen and oxygen atoms in total. The zero-order valence-electron chi connectivity index (χ0n) is 28.1. The second-order valence-electron chi connectivity index (χ2n) is 12.0. The summed E-state index contributed by atoms with van der Waals surface area (Å²) in [4.78, 5) is 66.1. The van der Waals surface area contributed by atoms with E-state index in [2.05, 4.69) is 10.0 Å². The van der Waals surface area contributed by atoms with Crippen molar-refractivity contribution in [3.8, 4) is 0 Å². The maximum Gasteiger partial charge on any atom is 0.408 e. The zero-order valence-corrected chi connectivity index (χ0v) is 29.7. The fourth-order valence-corrected chi connectivity index (χ4v) is 6.66. The Labute approximate surface area is 294 Å². The number of carbonyl (C=O) groups excluding carboxylic acids is 5. The van der Waals surface area contributed by atoms with Crippen LogP contribution in [0.25, 0.3) is 0 Å². The molecule has 0 unspecified atom stereocenters. The first-order valence-electron chi connectivity index (χ1n) is 15.4. The number of imide groups is 1. The van der Waals surface area contributed by atoms with Gasteiger partial charge in [0, 0.05) is 18.4 Å². The largest absolute Gasteiger partial charge is 0.462 e. The van der Waals surface area contributed by atoms with Gasteiger partial charge in [-0.15, -0.1) is 0 Å². The Morgan fingerprint density at radius 2 is 1.44 bits per heavy atom. The Balaban J connectivity index is 1.82. The van der Waals surface area contributed by atoms with Gasteiger partial charge in [-0.25, -0.2) is 27.1 Å². The molecule has 3 aromatic rings. The van der Waals surface area contributed by atoms with Crippen molar-refractivity contribution in [3.63, 3.8) is 0 Å². The summed E-state index contributed by atoms with van der Waals surface area (Å²) in [6.07, 6.45) is -1.74. The first-order valence-corrected chi connectivity index (χ1v) is 17.7. The molecule has 1 heterocycles. The van der Waals surface area contributed by atoms with Crippen molar-refractivity contribution in [1.82, 2.24) is 14.3 Å². The topological polar surface area (TPSA) is 174 Å². The number of fused-ring (bicyclic) bond motifs is 1. The number of amides is 3. The third kappa shape index (κ3) is 9.72. The van der Waals surface area contributed by atoms with E-state index in [9.17, 15) is 32.4 Å². The smallest absolute Gasteiger partial charge is 0.408 e. The molecule has 15 heteroatoms. The minimum atomic E-state index is -4.48. The summed E-state index contributed by atoms with van der Waals surface area (Å²) in [5.41, 5.74) is 0.0966. The molecule has 2 N–H and O–H groups in total. The number of ether oxygens (including phenoxy) is 3. The van der Waals surface area contributed by atoms with Crippen molar-refractivity contribution in [2.24, 2.45) is 0 Å². The Morgan fingerprint density at radius 3 is 2.00 bits per heavy atom. The lowest BCUT2D eigenvalue weighted by Gasteiger charge is -2.25. The van der Waals surface area contributed by atoms with Crippen molar-refractivity contribution in [3.05, 3.63) is 112 Å². The monoisotopic (exact) mass is 723 g/mol. The summed E-state index contributed by atoms with van der Waals surface area (Å²) in [6.45, 7) is 7.72. The van der Waals surface area contributed by atoms with E-state index < -0.39 is 68.5 Å². The van der Waals surface area contributed by atoms with E-state index in [0.717, 1.165) is 5.56 Å². The number of nitrogens with one attached hydrogen (secondary N) is 2. The van der Waals surface area contributed by atoms with Gasteiger partial charge >= 0.3 is 18.0 Å². The number of esters is 2. The zero-order chi connectivity index (χ0) is 36.6. The molecular formula is C35H37N3O10S2. The van der Waals surface area contributed by atoms with E-state index in [1.807, 2.05) is 0 Å². The molecule has 50 heavy (non-hydrogen) atoms. The molecular weight excluding hydrogens is 687 g/mol. The highest BCUT2D eigenvalue weighted by atomic mass is 32.2. The molecule has 0 radical (unpaired) electrons. The van der Waals surface area contributed by atoms with Crippen LogP contribution in [0.3, 0.4) is 0 Å². The van der Waals surface area contributed by atoms with Crippen molar-refractivity contribution in [1.29, 1.82) is 0 Å². The summed E-state index contributed by atoms with van der Waals surface area (Å²) in [5.74, 6) is -3.63. The second kappa shape index (κ2) is 16.0. The predicted molar refractivity (Wildman–Crippen MR) is 184 cm³/mol. The molecule has 3 aromatic carbocycles.